The van der Waals surface area contributed by atoms with E-state index in [0.717, 1.165) is 34.5 Å². The van der Waals surface area contributed by atoms with Gasteiger partial charge in [0.25, 0.3) is 0 Å². The third-order valence-corrected chi connectivity index (χ3v) is 6.14. The lowest BCUT2D eigenvalue weighted by Gasteiger charge is -2.46. The molecule has 3 rings (SSSR count). The molecule has 0 saturated carbocycles. The molecule has 3 heterocycles. The molecule has 2 fully saturated rings. The van der Waals surface area contributed by atoms with E-state index in [1.54, 1.807) is 11.3 Å². The molecule has 1 N–H and O–H groups in total. The molecule has 1 aromatic heterocycles. The minimum atomic E-state index is 0.769. The Balaban J connectivity index is 1.47. The molecule has 2 aliphatic rings. The summed E-state index contributed by atoms with van der Waals surface area (Å²) >= 11 is 11.2. The molecule has 2 saturated heterocycles. The highest BCUT2D eigenvalue weighted by molar-refractivity contribution is 9.10. The summed E-state index contributed by atoms with van der Waals surface area (Å²) in [4.78, 5) is 6.47. The third-order valence-electron chi connectivity index (χ3n) is 3.68. The van der Waals surface area contributed by atoms with Crippen LogP contribution in [0.25, 0.3) is 0 Å². The van der Waals surface area contributed by atoms with Gasteiger partial charge in [0.1, 0.15) is 4.34 Å². The highest BCUT2D eigenvalue weighted by Gasteiger charge is 2.32. The van der Waals surface area contributed by atoms with Gasteiger partial charge in [0.15, 0.2) is 0 Å². The monoisotopic (exact) mass is 349 g/mol. The minimum Gasteiger partial charge on any atom is -0.314 e. The Bertz CT molecular complexity index is 394. The molecule has 1 aromatic rings. The van der Waals surface area contributed by atoms with Crippen LogP contribution >= 0.6 is 38.9 Å². The molecular formula is C12H17BrClN3S. The first-order valence-corrected chi connectivity index (χ1v) is 8.32. The normalized spacial score (nSPS) is 23.2. The van der Waals surface area contributed by atoms with Crippen molar-refractivity contribution in [3.63, 3.8) is 0 Å². The number of hydrogen-bond donors (Lipinski definition) is 1. The highest BCUT2D eigenvalue weighted by atomic mass is 79.9. The molecule has 18 heavy (non-hydrogen) atoms. The first-order valence-electron chi connectivity index (χ1n) is 6.33. The van der Waals surface area contributed by atoms with Crippen molar-refractivity contribution in [2.75, 3.05) is 39.3 Å². The van der Waals surface area contributed by atoms with Crippen LogP contribution < -0.4 is 5.32 Å². The van der Waals surface area contributed by atoms with E-state index in [-0.39, 0.29) is 0 Å². The molecule has 0 bridgehead atoms. The van der Waals surface area contributed by atoms with Crippen LogP contribution in [0.4, 0.5) is 0 Å². The second kappa shape index (κ2) is 5.77. The molecule has 0 amide bonds. The van der Waals surface area contributed by atoms with Gasteiger partial charge in [0.05, 0.1) is 0 Å². The van der Waals surface area contributed by atoms with Gasteiger partial charge >= 0.3 is 0 Å². The number of nitrogens with zero attached hydrogens (tertiary/aromatic N) is 2. The molecule has 0 atom stereocenters. The van der Waals surface area contributed by atoms with Gasteiger partial charge < -0.3 is 5.32 Å². The zero-order valence-electron chi connectivity index (χ0n) is 10.2. The zero-order chi connectivity index (χ0) is 12.5. The van der Waals surface area contributed by atoms with E-state index in [9.17, 15) is 0 Å². The topological polar surface area (TPSA) is 18.5 Å². The van der Waals surface area contributed by atoms with E-state index in [1.807, 2.05) is 0 Å². The number of halogens is 2. The van der Waals surface area contributed by atoms with Crippen LogP contribution in [-0.2, 0) is 6.54 Å². The molecule has 2 aliphatic heterocycles. The van der Waals surface area contributed by atoms with Gasteiger partial charge in [-0.25, -0.2) is 0 Å². The number of likely N-dealkylation sites (tertiary alicyclic amines) is 1. The van der Waals surface area contributed by atoms with Gasteiger partial charge in [-0.1, -0.05) is 11.6 Å². The van der Waals surface area contributed by atoms with Crippen LogP contribution in [0.2, 0.25) is 4.34 Å². The smallest absolute Gasteiger partial charge is 0.107 e. The predicted molar refractivity (Wildman–Crippen MR) is 80.5 cm³/mol. The van der Waals surface area contributed by atoms with Crippen molar-refractivity contribution in [1.29, 1.82) is 0 Å². The summed E-state index contributed by atoms with van der Waals surface area (Å²) in [6, 6.07) is 2.91. The van der Waals surface area contributed by atoms with Gasteiger partial charge in [-0.05, 0) is 22.0 Å². The number of hydrogen-bond acceptors (Lipinski definition) is 4. The van der Waals surface area contributed by atoms with Crippen LogP contribution in [0.5, 0.6) is 0 Å². The van der Waals surface area contributed by atoms with Crippen molar-refractivity contribution >= 4 is 38.9 Å². The number of piperazine rings is 1. The Morgan fingerprint density at radius 1 is 1.39 bits per heavy atom. The average Bonchev–Trinajstić information content (AvgIpc) is 2.64. The fraction of sp³-hybridized carbons (Fsp3) is 0.667. The molecule has 100 valence electrons. The van der Waals surface area contributed by atoms with Crippen molar-refractivity contribution in [3.8, 4) is 0 Å². The molecule has 3 nitrogen and oxygen atoms in total. The predicted octanol–water partition coefficient (Wildman–Crippen LogP) is 2.25. The number of nitrogens with one attached hydrogen (secondary N) is 1. The Morgan fingerprint density at radius 3 is 2.72 bits per heavy atom. The molecule has 0 radical (unpaired) electrons. The summed E-state index contributed by atoms with van der Waals surface area (Å²) in [7, 11) is 0. The molecule has 0 aromatic carbocycles. The minimum absolute atomic E-state index is 0.769. The number of rotatable bonds is 3. The van der Waals surface area contributed by atoms with Crippen molar-refractivity contribution in [2.24, 2.45) is 0 Å². The van der Waals surface area contributed by atoms with E-state index in [4.69, 9.17) is 11.6 Å². The van der Waals surface area contributed by atoms with E-state index in [0.29, 0.717) is 0 Å². The van der Waals surface area contributed by atoms with Gasteiger partial charge in [-0.2, -0.15) is 0 Å². The van der Waals surface area contributed by atoms with Crippen LogP contribution in [0, 0.1) is 0 Å². The van der Waals surface area contributed by atoms with Crippen molar-refractivity contribution in [1.82, 2.24) is 15.1 Å². The van der Waals surface area contributed by atoms with Gasteiger partial charge in [0.2, 0.25) is 0 Å². The second-order valence-electron chi connectivity index (χ2n) is 4.97. The van der Waals surface area contributed by atoms with Gasteiger partial charge in [0, 0.05) is 61.2 Å². The summed E-state index contributed by atoms with van der Waals surface area (Å²) in [5.41, 5.74) is 0. The lowest BCUT2D eigenvalue weighted by Crippen LogP contribution is -2.62. The molecule has 0 aliphatic carbocycles. The maximum atomic E-state index is 6.06. The number of thiophene rings is 1. The Morgan fingerprint density at radius 2 is 2.11 bits per heavy atom. The van der Waals surface area contributed by atoms with Gasteiger partial charge in [-0.15, -0.1) is 11.3 Å². The second-order valence-corrected chi connectivity index (χ2v) is 7.56. The lowest BCUT2D eigenvalue weighted by molar-refractivity contribution is 0.0229. The fourth-order valence-corrected chi connectivity index (χ4v) is 4.47. The largest absolute Gasteiger partial charge is 0.314 e. The SMILES string of the molecule is Clc1sc(CN2CC(N3CCNCC3)C2)cc1Br. The Labute approximate surface area is 125 Å². The van der Waals surface area contributed by atoms with Crippen LogP contribution in [0.1, 0.15) is 4.88 Å². The summed E-state index contributed by atoms with van der Waals surface area (Å²) in [5.74, 6) is 0. The Hall–Kier alpha value is 0.350. The average molecular weight is 351 g/mol. The van der Waals surface area contributed by atoms with Crippen LogP contribution in [-0.4, -0.2) is 55.1 Å². The molecule has 0 spiro atoms. The first-order chi connectivity index (χ1) is 8.72. The first kappa shape index (κ1) is 13.3. The van der Waals surface area contributed by atoms with Crippen molar-refractivity contribution in [3.05, 3.63) is 19.8 Å². The standard InChI is InChI=1S/C12H17BrClN3S/c13-11-5-10(18-12(11)14)8-16-6-9(7-16)17-3-1-15-2-4-17/h5,9,15H,1-4,6-8H2. The lowest BCUT2D eigenvalue weighted by atomic mass is 10.1. The highest BCUT2D eigenvalue weighted by Crippen LogP contribution is 2.33. The van der Waals surface area contributed by atoms with Crippen molar-refractivity contribution < 1.29 is 0 Å². The van der Waals surface area contributed by atoms with Gasteiger partial charge in [-0.3, -0.25) is 9.80 Å². The van der Waals surface area contributed by atoms with E-state index >= 15 is 0 Å². The maximum Gasteiger partial charge on any atom is 0.107 e. The van der Waals surface area contributed by atoms with Crippen molar-refractivity contribution in [2.45, 2.75) is 12.6 Å². The zero-order valence-corrected chi connectivity index (χ0v) is 13.3. The fourth-order valence-electron chi connectivity index (χ4n) is 2.64. The summed E-state index contributed by atoms with van der Waals surface area (Å²) in [5, 5.41) is 3.40. The maximum absolute atomic E-state index is 6.06. The van der Waals surface area contributed by atoms with Crippen LogP contribution in [0.15, 0.2) is 10.5 Å². The Kier molecular flexibility index (Phi) is 4.28. The molecular weight excluding hydrogens is 334 g/mol. The summed E-state index contributed by atoms with van der Waals surface area (Å²) in [6.07, 6.45) is 0. The summed E-state index contributed by atoms with van der Waals surface area (Å²) < 4.78 is 1.90. The van der Waals surface area contributed by atoms with Crippen LogP contribution in [0.3, 0.4) is 0 Å². The van der Waals surface area contributed by atoms with E-state index in [2.05, 4.69) is 37.1 Å². The van der Waals surface area contributed by atoms with E-state index < -0.39 is 0 Å². The molecule has 0 unspecified atom stereocenters. The quantitative estimate of drug-likeness (QED) is 0.902. The summed E-state index contributed by atoms with van der Waals surface area (Å²) in [6.45, 7) is 8.14. The molecule has 6 heteroatoms. The van der Waals surface area contributed by atoms with E-state index in [1.165, 1.54) is 31.1 Å². The third kappa shape index (κ3) is 2.92.